The monoisotopic (exact) mass is 440 g/mol. The first-order chi connectivity index (χ1) is 10.5. The Morgan fingerprint density at radius 1 is 1.32 bits per heavy atom. The van der Waals surface area contributed by atoms with Gasteiger partial charge in [-0.15, -0.1) is 11.3 Å². The van der Waals surface area contributed by atoms with Crippen LogP contribution in [0.25, 0.3) is 11.0 Å². The van der Waals surface area contributed by atoms with Gasteiger partial charge in [-0.2, -0.15) is 5.10 Å². The van der Waals surface area contributed by atoms with Crippen LogP contribution < -0.4 is 5.43 Å². The Kier molecular flexibility index (Phi) is 4.46. The maximum atomic E-state index is 12.1. The third-order valence-corrected chi connectivity index (χ3v) is 4.86. The smallest absolute Gasteiger partial charge is 0.307 e. The second-order valence-corrected chi connectivity index (χ2v) is 7.65. The van der Waals surface area contributed by atoms with Crippen molar-refractivity contribution in [1.29, 1.82) is 0 Å². The van der Waals surface area contributed by atoms with Gasteiger partial charge in [0, 0.05) is 19.6 Å². The first kappa shape index (κ1) is 15.5. The van der Waals surface area contributed by atoms with Crippen molar-refractivity contribution in [3.63, 3.8) is 0 Å². The lowest BCUT2D eigenvalue weighted by atomic mass is 10.2. The molecule has 4 nitrogen and oxygen atoms in total. The molecule has 0 fully saturated rings. The number of carbonyl (C=O) groups is 1. The highest BCUT2D eigenvalue weighted by molar-refractivity contribution is 9.11. The van der Waals surface area contributed by atoms with E-state index in [0.717, 1.165) is 19.2 Å². The average Bonchev–Trinajstić information content (AvgIpc) is 3.05. The molecule has 1 aromatic carbocycles. The van der Waals surface area contributed by atoms with Gasteiger partial charge in [0.15, 0.2) is 5.76 Å². The van der Waals surface area contributed by atoms with Crippen molar-refractivity contribution in [2.45, 2.75) is 6.92 Å². The fourth-order valence-electron chi connectivity index (χ4n) is 1.92. The van der Waals surface area contributed by atoms with Gasteiger partial charge in [0.05, 0.1) is 10.7 Å². The van der Waals surface area contributed by atoms with Crippen molar-refractivity contribution in [3.05, 3.63) is 54.8 Å². The normalized spacial score (nSPS) is 11.4. The number of benzene rings is 1. The van der Waals surface area contributed by atoms with Crippen molar-refractivity contribution >= 4 is 66.3 Å². The van der Waals surface area contributed by atoms with Crippen LogP contribution in [0.15, 0.2) is 48.8 Å². The number of hydrogen-bond donors (Lipinski definition) is 1. The third kappa shape index (κ3) is 3.31. The van der Waals surface area contributed by atoms with E-state index in [0.29, 0.717) is 5.58 Å². The molecular weight excluding hydrogens is 432 g/mol. The third-order valence-electron chi connectivity index (χ3n) is 2.88. The first-order valence-corrected chi connectivity index (χ1v) is 8.71. The van der Waals surface area contributed by atoms with E-state index in [1.54, 1.807) is 23.6 Å². The van der Waals surface area contributed by atoms with Gasteiger partial charge in [-0.3, -0.25) is 4.79 Å². The lowest BCUT2D eigenvalue weighted by molar-refractivity contribution is 0.0929. The van der Waals surface area contributed by atoms with Crippen LogP contribution in [-0.2, 0) is 0 Å². The molecule has 0 atom stereocenters. The summed E-state index contributed by atoms with van der Waals surface area (Å²) in [5, 5.41) is 4.78. The quantitative estimate of drug-likeness (QED) is 0.454. The molecule has 0 saturated heterocycles. The van der Waals surface area contributed by atoms with Crippen LogP contribution in [0.4, 0.5) is 0 Å². The summed E-state index contributed by atoms with van der Waals surface area (Å²) in [4.78, 5) is 14.2. The maximum Gasteiger partial charge on any atom is 0.307 e. The number of hydrazone groups is 1. The Morgan fingerprint density at radius 3 is 2.86 bits per heavy atom. The molecule has 7 heteroatoms. The summed E-state index contributed by atoms with van der Waals surface area (Å²) >= 11 is 8.42. The number of thiophene rings is 1. The Morgan fingerprint density at radius 2 is 2.14 bits per heavy atom. The molecule has 3 rings (SSSR count). The van der Waals surface area contributed by atoms with Crippen molar-refractivity contribution < 1.29 is 9.21 Å². The van der Waals surface area contributed by atoms with E-state index in [2.05, 4.69) is 42.4 Å². The lowest BCUT2D eigenvalue weighted by Crippen LogP contribution is -2.16. The number of nitrogens with one attached hydrogen (secondary N) is 1. The molecule has 22 heavy (non-hydrogen) atoms. The van der Waals surface area contributed by atoms with E-state index in [9.17, 15) is 4.79 Å². The number of rotatable bonds is 3. The number of furan rings is 1. The Labute approximate surface area is 147 Å². The second-order valence-electron chi connectivity index (χ2n) is 4.56. The van der Waals surface area contributed by atoms with Crippen LogP contribution in [0, 0.1) is 6.92 Å². The molecule has 0 unspecified atom stereocenters. The van der Waals surface area contributed by atoms with E-state index < -0.39 is 0 Å². The zero-order valence-corrected chi connectivity index (χ0v) is 15.4. The summed E-state index contributed by atoms with van der Waals surface area (Å²) < 4.78 is 7.27. The number of carbonyl (C=O) groups excluding carboxylic acids is 1. The zero-order chi connectivity index (χ0) is 15.7. The predicted molar refractivity (Wildman–Crippen MR) is 95.7 cm³/mol. The molecule has 2 aromatic heterocycles. The molecule has 1 amide bonds. The molecule has 0 aliphatic heterocycles. The van der Waals surface area contributed by atoms with Gasteiger partial charge in [0.25, 0.3) is 0 Å². The largest absolute Gasteiger partial charge is 0.450 e. The summed E-state index contributed by atoms with van der Waals surface area (Å²) in [5.41, 5.74) is 3.10. The van der Waals surface area contributed by atoms with Crippen LogP contribution in [-0.4, -0.2) is 12.1 Å². The van der Waals surface area contributed by atoms with Crippen molar-refractivity contribution in [1.82, 2.24) is 5.43 Å². The Balaban J connectivity index is 1.77. The molecule has 112 valence electrons. The number of aryl methyl sites for hydroxylation is 1. The molecule has 0 bridgehead atoms. The SMILES string of the molecule is Cc1ccc(/C=N\NC(=O)c2cc3cc(Br)cc(Br)c3o2)s1. The van der Waals surface area contributed by atoms with Crippen molar-refractivity contribution in [2.24, 2.45) is 5.10 Å². The summed E-state index contributed by atoms with van der Waals surface area (Å²) in [7, 11) is 0. The maximum absolute atomic E-state index is 12.1. The standard InChI is InChI=1S/C15H10Br2N2O2S/c1-8-2-3-11(22-8)7-18-19-15(20)13-5-9-4-10(16)6-12(17)14(9)21-13/h2-7H,1H3,(H,19,20)/b18-7-. The van der Waals surface area contributed by atoms with Crippen LogP contribution in [0.3, 0.4) is 0 Å². The van der Waals surface area contributed by atoms with E-state index in [1.807, 2.05) is 31.2 Å². The molecule has 0 spiro atoms. The number of hydrogen-bond acceptors (Lipinski definition) is 4. The zero-order valence-electron chi connectivity index (χ0n) is 11.4. The van der Waals surface area contributed by atoms with Gasteiger partial charge in [-0.25, -0.2) is 5.43 Å². The molecule has 0 aliphatic rings. The topological polar surface area (TPSA) is 54.6 Å². The number of halogens is 2. The van der Waals surface area contributed by atoms with E-state index >= 15 is 0 Å². The molecule has 1 N–H and O–H groups in total. The van der Waals surface area contributed by atoms with Crippen LogP contribution in [0.1, 0.15) is 20.3 Å². The average molecular weight is 442 g/mol. The van der Waals surface area contributed by atoms with E-state index in [1.165, 1.54) is 4.88 Å². The predicted octanol–water partition coefficient (Wildman–Crippen LogP) is 5.09. The molecule has 0 aliphatic carbocycles. The molecule has 0 radical (unpaired) electrons. The number of amides is 1. The summed E-state index contributed by atoms with van der Waals surface area (Å²) in [6.45, 7) is 2.02. The minimum absolute atomic E-state index is 0.216. The van der Waals surface area contributed by atoms with Crippen molar-refractivity contribution in [3.8, 4) is 0 Å². The lowest BCUT2D eigenvalue weighted by Gasteiger charge is -1.95. The Hall–Kier alpha value is -1.44. The van der Waals surface area contributed by atoms with Gasteiger partial charge in [0.2, 0.25) is 0 Å². The van der Waals surface area contributed by atoms with Crippen LogP contribution in [0.5, 0.6) is 0 Å². The summed E-state index contributed by atoms with van der Waals surface area (Å²) in [5.74, 6) is -0.169. The molecule has 3 aromatic rings. The summed E-state index contributed by atoms with van der Waals surface area (Å²) in [6.07, 6.45) is 1.62. The van der Waals surface area contributed by atoms with Gasteiger partial charge in [-0.05, 0) is 53.2 Å². The highest BCUT2D eigenvalue weighted by atomic mass is 79.9. The number of nitrogens with zero attached hydrogens (tertiary/aromatic N) is 1. The molecule has 0 saturated carbocycles. The van der Waals surface area contributed by atoms with Crippen LogP contribution in [0.2, 0.25) is 0 Å². The fourth-order valence-corrected chi connectivity index (χ4v) is 4.01. The number of fused-ring (bicyclic) bond motifs is 1. The summed E-state index contributed by atoms with van der Waals surface area (Å²) in [6, 6.07) is 9.39. The molecule has 2 heterocycles. The van der Waals surface area contributed by atoms with Gasteiger partial charge in [-0.1, -0.05) is 15.9 Å². The van der Waals surface area contributed by atoms with E-state index in [4.69, 9.17) is 4.42 Å². The van der Waals surface area contributed by atoms with Gasteiger partial charge >= 0.3 is 5.91 Å². The van der Waals surface area contributed by atoms with E-state index in [-0.39, 0.29) is 11.7 Å². The molecular formula is C15H10Br2N2O2S. The minimum atomic E-state index is -0.385. The second kappa shape index (κ2) is 6.36. The minimum Gasteiger partial charge on any atom is -0.450 e. The Bertz CT molecular complexity index is 883. The fraction of sp³-hybridized carbons (Fsp3) is 0.0667. The highest BCUT2D eigenvalue weighted by Crippen LogP contribution is 2.30. The van der Waals surface area contributed by atoms with Gasteiger partial charge < -0.3 is 4.42 Å². The van der Waals surface area contributed by atoms with Crippen molar-refractivity contribution in [2.75, 3.05) is 0 Å². The highest BCUT2D eigenvalue weighted by Gasteiger charge is 2.14. The van der Waals surface area contributed by atoms with Crippen LogP contribution >= 0.6 is 43.2 Å². The first-order valence-electron chi connectivity index (χ1n) is 6.31. The van der Waals surface area contributed by atoms with Gasteiger partial charge in [0.1, 0.15) is 5.58 Å².